The first-order valence-electron chi connectivity index (χ1n) is 8.27. The average Bonchev–Trinajstić information content (AvgIpc) is 3.11. The smallest absolute Gasteiger partial charge is 0.274 e. The zero-order valence-electron chi connectivity index (χ0n) is 14.6. The number of amides is 1. The maximum absolute atomic E-state index is 13.8. The lowest BCUT2D eigenvalue weighted by Crippen LogP contribution is -2.15. The molecule has 0 saturated heterocycles. The van der Waals surface area contributed by atoms with Gasteiger partial charge in [-0.1, -0.05) is 0 Å². The largest absolute Gasteiger partial charge is 0.454 e. The van der Waals surface area contributed by atoms with E-state index >= 15 is 0 Å². The van der Waals surface area contributed by atoms with E-state index in [0.717, 1.165) is 12.1 Å². The van der Waals surface area contributed by atoms with Crippen molar-refractivity contribution in [2.45, 2.75) is 6.92 Å². The number of aromatic nitrogens is 2. The van der Waals surface area contributed by atoms with Crippen molar-refractivity contribution in [3.63, 3.8) is 0 Å². The van der Waals surface area contributed by atoms with Crippen molar-refractivity contribution >= 4 is 23.1 Å². The highest BCUT2D eigenvalue weighted by Crippen LogP contribution is 2.34. The number of benzene rings is 2. The van der Waals surface area contributed by atoms with Crippen LogP contribution in [0.2, 0.25) is 0 Å². The minimum Gasteiger partial charge on any atom is -0.454 e. The molecule has 4 rings (SSSR count). The number of ether oxygens (including phenoxy) is 2. The van der Waals surface area contributed by atoms with Gasteiger partial charge in [0.25, 0.3) is 5.91 Å². The van der Waals surface area contributed by atoms with Crippen LogP contribution in [0.25, 0.3) is 0 Å². The lowest BCUT2D eigenvalue weighted by Gasteiger charge is -2.10. The zero-order valence-corrected chi connectivity index (χ0v) is 14.6. The number of nitrogens with one attached hydrogen (secondary N) is 2. The average molecular weight is 384 g/mol. The zero-order chi connectivity index (χ0) is 19.7. The Morgan fingerprint density at radius 2 is 1.86 bits per heavy atom. The van der Waals surface area contributed by atoms with E-state index in [1.165, 1.54) is 12.1 Å². The summed E-state index contributed by atoms with van der Waals surface area (Å²) in [7, 11) is 0. The fraction of sp³-hybridized carbons (Fsp3) is 0.105. The molecule has 0 fully saturated rings. The van der Waals surface area contributed by atoms with E-state index in [9.17, 15) is 13.6 Å². The highest BCUT2D eigenvalue weighted by atomic mass is 19.1. The monoisotopic (exact) mass is 384 g/mol. The number of carbonyl (C=O) groups is 1. The molecule has 142 valence electrons. The second kappa shape index (κ2) is 7.10. The third kappa shape index (κ3) is 3.68. The topological polar surface area (TPSA) is 85.4 Å². The van der Waals surface area contributed by atoms with Crippen LogP contribution in [0.1, 0.15) is 16.3 Å². The van der Waals surface area contributed by atoms with Gasteiger partial charge in [0.1, 0.15) is 29.0 Å². The van der Waals surface area contributed by atoms with Crippen molar-refractivity contribution in [2.24, 2.45) is 0 Å². The van der Waals surface area contributed by atoms with Crippen LogP contribution in [0, 0.1) is 18.6 Å². The summed E-state index contributed by atoms with van der Waals surface area (Å²) >= 11 is 0. The molecule has 1 aliphatic rings. The number of anilines is 3. The Balaban J connectivity index is 1.55. The number of hydrogen-bond donors (Lipinski definition) is 2. The van der Waals surface area contributed by atoms with Gasteiger partial charge in [0.15, 0.2) is 11.5 Å². The van der Waals surface area contributed by atoms with Gasteiger partial charge in [-0.3, -0.25) is 4.79 Å². The van der Waals surface area contributed by atoms with Crippen molar-refractivity contribution in [3.05, 3.63) is 65.6 Å². The molecule has 0 unspecified atom stereocenters. The molecule has 0 saturated carbocycles. The van der Waals surface area contributed by atoms with Gasteiger partial charge in [-0.2, -0.15) is 0 Å². The second-order valence-corrected chi connectivity index (χ2v) is 5.96. The molecule has 28 heavy (non-hydrogen) atoms. The molecule has 2 aromatic carbocycles. The summed E-state index contributed by atoms with van der Waals surface area (Å²) in [5.41, 5.74) is 0.612. The molecule has 0 radical (unpaired) electrons. The summed E-state index contributed by atoms with van der Waals surface area (Å²) in [6, 6.07) is 9.49. The Morgan fingerprint density at radius 1 is 1.04 bits per heavy atom. The maximum atomic E-state index is 13.8. The molecule has 2 heterocycles. The molecule has 0 spiro atoms. The fourth-order valence-electron chi connectivity index (χ4n) is 2.65. The van der Waals surface area contributed by atoms with Crippen LogP contribution in [0.15, 0.2) is 42.5 Å². The summed E-state index contributed by atoms with van der Waals surface area (Å²) in [6.07, 6.45) is 0. The predicted molar refractivity (Wildman–Crippen MR) is 96.9 cm³/mol. The maximum Gasteiger partial charge on any atom is 0.274 e. The van der Waals surface area contributed by atoms with E-state index in [0.29, 0.717) is 23.0 Å². The molecule has 1 amide bonds. The molecule has 0 bridgehead atoms. The molecule has 2 N–H and O–H groups in total. The molecule has 0 aliphatic carbocycles. The van der Waals surface area contributed by atoms with Gasteiger partial charge in [-0.05, 0) is 31.2 Å². The SMILES string of the molecule is Cc1nc(Nc2ccc(F)cc2F)cc(C(=O)Nc2ccc3c(c2)OCO3)n1. The van der Waals surface area contributed by atoms with E-state index in [1.807, 2.05) is 0 Å². The van der Waals surface area contributed by atoms with Crippen LogP contribution in [-0.2, 0) is 0 Å². The third-order valence-corrected chi connectivity index (χ3v) is 3.89. The van der Waals surface area contributed by atoms with Crippen LogP contribution in [-0.4, -0.2) is 22.7 Å². The molecular weight excluding hydrogens is 370 g/mol. The second-order valence-electron chi connectivity index (χ2n) is 5.96. The summed E-state index contributed by atoms with van der Waals surface area (Å²) in [4.78, 5) is 20.8. The third-order valence-electron chi connectivity index (χ3n) is 3.89. The molecule has 0 atom stereocenters. The van der Waals surface area contributed by atoms with Gasteiger partial charge in [-0.25, -0.2) is 18.7 Å². The summed E-state index contributed by atoms with van der Waals surface area (Å²) in [6.45, 7) is 1.73. The first-order valence-corrected chi connectivity index (χ1v) is 8.27. The molecule has 9 heteroatoms. The highest BCUT2D eigenvalue weighted by molar-refractivity contribution is 6.03. The van der Waals surface area contributed by atoms with Crippen LogP contribution >= 0.6 is 0 Å². The van der Waals surface area contributed by atoms with Crippen LogP contribution < -0.4 is 20.1 Å². The van der Waals surface area contributed by atoms with E-state index in [2.05, 4.69) is 20.6 Å². The van der Waals surface area contributed by atoms with Crippen molar-refractivity contribution in [1.82, 2.24) is 9.97 Å². The lowest BCUT2D eigenvalue weighted by molar-refractivity contribution is 0.102. The minimum atomic E-state index is -0.775. The Morgan fingerprint density at radius 3 is 2.68 bits per heavy atom. The highest BCUT2D eigenvalue weighted by Gasteiger charge is 2.16. The Kier molecular flexibility index (Phi) is 4.48. The minimum absolute atomic E-state index is 0.0293. The molecule has 3 aromatic rings. The molecule has 1 aliphatic heterocycles. The summed E-state index contributed by atoms with van der Waals surface area (Å²) in [5, 5.41) is 5.43. The number of rotatable bonds is 4. The summed E-state index contributed by atoms with van der Waals surface area (Å²) in [5.74, 6) is -0.299. The lowest BCUT2D eigenvalue weighted by atomic mass is 10.2. The number of fused-ring (bicyclic) bond motifs is 1. The van der Waals surface area contributed by atoms with Crippen molar-refractivity contribution in [2.75, 3.05) is 17.4 Å². The first-order chi connectivity index (χ1) is 13.5. The van der Waals surface area contributed by atoms with Gasteiger partial charge in [0.05, 0.1) is 5.69 Å². The molecule has 7 nitrogen and oxygen atoms in total. The van der Waals surface area contributed by atoms with Gasteiger partial charge >= 0.3 is 0 Å². The van der Waals surface area contributed by atoms with Crippen molar-refractivity contribution in [1.29, 1.82) is 0 Å². The number of carbonyl (C=O) groups excluding carboxylic acids is 1. The number of nitrogens with zero attached hydrogens (tertiary/aromatic N) is 2. The van der Waals surface area contributed by atoms with Crippen molar-refractivity contribution < 1.29 is 23.0 Å². The Bertz CT molecular complexity index is 1080. The quantitative estimate of drug-likeness (QED) is 0.712. The van der Waals surface area contributed by atoms with E-state index < -0.39 is 17.5 Å². The standard InChI is InChI=1S/C19H14F2N4O3/c1-10-22-15(8-18(23-10)25-14-4-2-11(20)6-13(14)21)19(26)24-12-3-5-16-17(7-12)28-9-27-16/h2-8H,9H2,1H3,(H,24,26)(H,22,23,25). The van der Waals surface area contributed by atoms with Gasteiger partial charge in [0.2, 0.25) is 6.79 Å². The van der Waals surface area contributed by atoms with E-state index in [-0.39, 0.29) is 24.0 Å². The van der Waals surface area contributed by atoms with Crippen LogP contribution in [0.3, 0.4) is 0 Å². The molecular formula is C19H14F2N4O3. The van der Waals surface area contributed by atoms with E-state index in [4.69, 9.17) is 9.47 Å². The van der Waals surface area contributed by atoms with Crippen LogP contribution in [0.5, 0.6) is 11.5 Å². The van der Waals surface area contributed by atoms with E-state index in [1.54, 1.807) is 25.1 Å². The predicted octanol–water partition coefficient (Wildman–Crippen LogP) is 3.79. The Hall–Kier alpha value is -3.75. The Labute approximate surface area is 158 Å². The van der Waals surface area contributed by atoms with Crippen molar-refractivity contribution in [3.8, 4) is 11.5 Å². The van der Waals surface area contributed by atoms with Gasteiger partial charge < -0.3 is 20.1 Å². The van der Waals surface area contributed by atoms with Gasteiger partial charge in [-0.15, -0.1) is 0 Å². The number of aryl methyl sites for hydroxylation is 1. The number of hydrogen-bond acceptors (Lipinski definition) is 6. The number of halogens is 2. The van der Waals surface area contributed by atoms with Crippen LogP contribution in [0.4, 0.5) is 26.0 Å². The normalized spacial score (nSPS) is 12.0. The van der Waals surface area contributed by atoms with Gasteiger partial charge in [0, 0.05) is 23.9 Å². The summed E-state index contributed by atoms with van der Waals surface area (Å²) < 4.78 is 37.4. The molecule has 1 aromatic heterocycles. The fourth-order valence-corrected chi connectivity index (χ4v) is 2.65. The first kappa shape index (κ1) is 17.7.